The van der Waals surface area contributed by atoms with Crippen molar-refractivity contribution in [2.75, 3.05) is 0 Å². The quantitative estimate of drug-likeness (QED) is 0.766. The molecule has 3 N–H and O–H groups in total. The number of benzene rings is 1. The molecule has 1 amide bonds. The normalized spacial score (nSPS) is 12.1. The minimum atomic E-state index is -0.352. The maximum Gasteiger partial charge on any atom is 0.255 e. The molecule has 0 radical (unpaired) electrons. The van der Waals surface area contributed by atoms with Crippen molar-refractivity contribution in [3.05, 3.63) is 35.2 Å². The van der Waals surface area contributed by atoms with Crippen LogP contribution in [-0.4, -0.2) is 31.6 Å². The molecule has 0 spiro atoms. The molecule has 7 heteroatoms. The van der Waals surface area contributed by atoms with E-state index in [0.29, 0.717) is 12.2 Å². The smallest absolute Gasteiger partial charge is 0.255 e. The number of nitrogens with one attached hydrogen (secondary N) is 2. The largest absolute Gasteiger partial charge is 0.507 e. The second kappa shape index (κ2) is 6.14. The number of rotatable bonds is 5. The Labute approximate surface area is 116 Å². The summed E-state index contributed by atoms with van der Waals surface area (Å²) in [5.41, 5.74) is 1.15. The number of nitrogens with zero attached hydrogens (tertiary/aromatic N) is 3. The van der Waals surface area contributed by atoms with Gasteiger partial charge in [0.05, 0.1) is 11.6 Å². The molecule has 0 unspecified atom stereocenters. The van der Waals surface area contributed by atoms with Gasteiger partial charge >= 0.3 is 0 Å². The van der Waals surface area contributed by atoms with E-state index in [1.165, 1.54) is 6.07 Å². The van der Waals surface area contributed by atoms with Crippen LogP contribution in [0.25, 0.3) is 0 Å². The summed E-state index contributed by atoms with van der Waals surface area (Å²) in [5.74, 6) is 0.0400. The lowest BCUT2D eigenvalue weighted by Crippen LogP contribution is -2.29. The molecule has 2 rings (SSSR count). The molecule has 1 heterocycles. The predicted octanol–water partition coefficient (Wildman–Crippen LogP) is 1.48. The van der Waals surface area contributed by atoms with Gasteiger partial charge in [0.15, 0.2) is 5.82 Å². The number of carbonyl (C=O) groups excluding carboxylic acids is 1. The van der Waals surface area contributed by atoms with Gasteiger partial charge in [0.1, 0.15) is 5.75 Å². The Morgan fingerprint density at radius 3 is 2.95 bits per heavy atom. The molecule has 0 fully saturated rings. The van der Waals surface area contributed by atoms with Gasteiger partial charge in [-0.25, -0.2) is 0 Å². The van der Waals surface area contributed by atoms with Crippen LogP contribution in [-0.2, 0) is 0 Å². The minimum Gasteiger partial charge on any atom is -0.507 e. The molecule has 0 bridgehead atoms. The lowest BCUT2D eigenvalue weighted by Gasteiger charge is -2.15. The molecule has 1 aromatic heterocycles. The first kappa shape index (κ1) is 14.0. The second-order valence-corrected chi connectivity index (χ2v) is 4.61. The van der Waals surface area contributed by atoms with Crippen LogP contribution >= 0.6 is 0 Å². The average molecular weight is 275 g/mol. The number of amides is 1. The van der Waals surface area contributed by atoms with Crippen molar-refractivity contribution in [1.82, 2.24) is 25.9 Å². The number of aryl methyl sites for hydroxylation is 1. The van der Waals surface area contributed by atoms with Crippen LogP contribution in [0, 0.1) is 6.92 Å². The van der Waals surface area contributed by atoms with Crippen molar-refractivity contribution in [3.63, 3.8) is 0 Å². The number of phenols is 1. The fourth-order valence-corrected chi connectivity index (χ4v) is 1.94. The summed E-state index contributed by atoms with van der Waals surface area (Å²) in [6.45, 7) is 3.86. The molecule has 0 aliphatic rings. The van der Waals surface area contributed by atoms with Gasteiger partial charge in [-0.2, -0.15) is 5.21 Å². The van der Waals surface area contributed by atoms with Crippen molar-refractivity contribution in [2.24, 2.45) is 0 Å². The topological polar surface area (TPSA) is 104 Å². The summed E-state index contributed by atoms with van der Waals surface area (Å²) in [6, 6.07) is 4.57. The van der Waals surface area contributed by atoms with Crippen molar-refractivity contribution in [3.8, 4) is 5.75 Å². The minimum absolute atomic E-state index is 0.0449. The van der Waals surface area contributed by atoms with Gasteiger partial charge < -0.3 is 10.4 Å². The molecule has 106 valence electrons. The molecule has 1 atom stereocenters. The Balaban J connectivity index is 2.18. The van der Waals surface area contributed by atoms with Crippen molar-refractivity contribution in [1.29, 1.82) is 0 Å². The fraction of sp³-hybridized carbons (Fsp3) is 0.385. The van der Waals surface area contributed by atoms with E-state index in [0.717, 1.165) is 12.0 Å². The van der Waals surface area contributed by atoms with Gasteiger partial charge in [-0.1, -0.05) is 30.2 Å². The van der Waals surface area contributed by atoms with Gasteiger partial charge in [0.25, 0.3) is 5.91 Å². The maximum absolute atomic E-state index is 12.2. The van der Waals surface area contributed by atoms with Gasteiger partial charge in [-0.15, -0.1) is 10.2 Å². The fourth-order valence-electron chi connectivity index (χ4n) is 1.94. The van der Waals surface area contributed by atoms with Crippen molar-refractivity contribution >= 4 is 5.91 Å². The number of aromatic nitrogens is 4. The van der Waals surface area contributed by atoms with E-state index in [1.807, 2.05) is 13.8 Å². The van der Waals surface area contributed by atoms with Crippen LogP contribution in [0.2, 0.25) is 0 Å². The van der Waals surface area contributed by atoms with Crippen LogP contribution in [0.3, 0.4) is 0 Å². The summed E-state index contributed by atoms with van der Waals surface area (Å²) in [4.78, 5) is 12.2. The van der Waals surface area contributed by atoms with Gasteiger partial charge in [0, 0.05) is 0 Å². The Hall–Kier alpha value is -2.44. The zero-order valence-electron chi connectivity index (χ0n) is 11.4. The van der Waals surface area contributed by atoms with Crippen molar-refractivity contribution < 1.29 is 9.90 Å². The highest BCUT2D eigenvalue weighted by molar-refractivity contribution is 5.97. The van der Waals surface area contributed by atoms with E-state index >= 15 is 0 Å². The van der Waals surface area contributed by atoms with Gasteiger partial charge in [-0.05, 0) is 25.5 Å². The highest BCUT2D eigenvalue weighted by Crippen LogP contribution is 2.20. The standard InChI is InChI=1S/C13H17N5O2/c1-3-4-10(12-15-17-18-16-12)14-13(20)9-7-8(2)5-6-11(9)19/h5-7,10,19H,3-4H2,1-2H3,(H,14,20)(H,15,16,17,18)/t10-/m1/s1. The molecule has 0 saturated carbocycles. The zero-order valence-corrected chi connectivity index (χ0v) is 11.4. The predicted molar refractivity (Wildman–Crippen MR) is 72.1 cm³/mol. The van der Waals surface area contributed by atoms with Gasteiger partial charge in [-0.3, -0.25) is 4.79 Å². The molecule has 0 aliphatic carbocycles. The van der Waals surface area contributed by atoms with Crippen LogP contribution in [0.4, 0.5) is 0 Å². The zero-order chi connectivity index (χ0) is 14.5. The van der Waals surface area contributed by atoms with E-state index in [1.54, 1.807) is 12.1 Å². The summed E-state index contributed by atoms with van der Waals surface area (Å²) in [6.07, 6.45) is 1.55. The van der Waals surface area contributed by atoms with E-state index in [2.05, 4.69) is 25.9 Å². The summed E-state index contributed by atoms with van der Waals surface area (Å²) < 4.78 is 0. The molecule has 1 aromatic carbocycles. The highest BCUT2D eigenvalue weighted by atomic mass is 16.3. The third kappa shape index (κ3) is 3.11. The van der Waals surface area contributed by atoms with Crippen LogP contribution < -0.4 is 5.32 Å². The number of aromatic amines is 1. The number of H-pyrrole nitrogens is 1. The molecule has 20 heavy (non-hydrogen) atoms. The average Bonchev–Trinajstić information content (AvgIpc) is 2.95. The Morgan fingerprint density at radius 2 is 2.30 bits per heavy atom. The monoisotopic (exact) mass is 275 g/mol. The highest BCUT2D eigenvalue weighted by Gasteiger charge is 2.20. The molecular formula is C13H17N5O2. The van der Waals surface area contributed by atoms with E-state index < -0.39 is 0 Å². The number of phenolic OH excluding ortho intramolecular Hbond substituents is 1. The maximum atomic E-state index is 12.2. The Kier molecular flexibility index (Phi) is 4.29. The van der Waals surface area contributed by atoms with E-state index in [9.17, 15) is 9.90 Å². The van der Waals surface area contributed by atoms with Gasteiger partial charge in [0.2, 0.25) is 0 Å². The lowest BCUT2D eigenvalue weighted by molar-refractivity contribution is 0.0930. The molecule has 2 aromatic rings. The first-order valence-electron chi connectivity index (χ1n) is 6.45. The number of hydrogen-bond donors (Lipinski definition) is 3. The summed E-state index contributed by atoms with van der Waals surface area (Å²) >= 11 is 0. The third-order valence-corrected chi connectivity index (χ3v) is 2.95. The Bertz CT molecular complexity index is 582. The van der Waals surface area contributed by atoms with Crippen LogP contribution in [0.5, 0.6) is 5.75 Å². The lowest BCUT2D eigenvalue weighted by atomic mass is 10.1. The van der Waals surface area contributed by atoms with E-state index in [4.69, 9.17) is 0 Å². The molecule has 7 nitrogen and oxygen atoms in total. The molecular weight excluding hydrogens is 258 g/mol. The number of hydrogen-bond acceptors (Lipinski definition) is 5. The molecule has 0 saturated heterocycles. The Morgan fingerprint density at radius 1 is 1.50 bits per heavy atom. The summed E-state index contributed by atoms with van der Waals surface area (Å²) in [7, 11) is 0. The number of carbonyl (C=O) groups is 1. The summed E-state index contributed by atoms with van der Waals surface area (Å²) in [5, 5.41) is 26.3. The van der Waals surface area contributed by atoms with E-state index in [-0.39, 0.29) is 23.3 Å². The van der Waals surface area contributed by atoms with Crippen LogP contribution in [0.15, 0.2) is 18.2 Å². The number of tetrazole rings is 1. The second-order valence-electron chi connectivity index (χ2n) is 4.61. The van der Waals surface area contributed by atoms with Crippen molar-refractivity contribution in [2.45, 2.75) is 32.7 Å². The third-order valence-electron chi connectivity index (χ3n) is 2.95. The first-order valence-corrected chi connectivity index (χ1v) is 6.45. The van der Waals surface area contributed by atoms with Crippen LogP contribution in [0.1, 0.15) is 47.6 Å². The first-order chi connectivity index (χ1) is 9.61. The number of aromatic hydroxyl groups is 1. The SMILES string of the molecule is CCC[C@@H](NC(=O)c1cc(C)ccc1O)c1nn[nH]n1. The molecule has 0 aliphatic heterocycles.